The number of hydrogen-bond donors (Lipinski definition) is 1. The van der Waals surface area contributed by atoms with Crippen LogP contribution in [0.2, 0.25) is 5.02 Å². The maximum atomic E-state index is 13.0. The minimum atomic E-state index is -0.650. The fraction of sp³-hybridized carbons (Fsp3) is 0.333. The number of carbonyl (C=O) groups excluding carboxylic acids is 2. The van der Waals surface area contributed by atoms with Crippen molar-refractivity contribution in [2.24, 2.45) is 0 Å². The molecule has 30 heavy (non-hydrogen) atoms. The minimum Gasteiger partial charge on any atom is -0.352 e. The Morgan fingerprint density at radius 1 is 1.10 bits per heavy atom. The summed E-state index contributed by atoms with van der Waals surface area (Å²) in [5, 5.41) is 3.76. The van der Waals surface area contributed by atoms with Crippen molar-refractivity contribution in [1.82, 2.24) is 15.1 Å². The van der Waals surface area contributed by atoms with E-state index in [1.807, 2.05) is 42.5 Å². The fourth-order valence-electron chi connectivity index (χ4n) is 4.41. The smallest absolute Gasteiger partial charge is 0.259 e. The van der Waals surface area contributed by atoms with Gasteiger partial charge in [0.05, 0.1) is 6.04 Å². The standard InChI is InChI=1S/C24H26ClN3O2/c1-16-18-9-3-4-10-19(18)24(30)28(16)17(2)23(29)26-15-22(27-13-7-8-14-27)20-11-5-6-12-21(20)25/h3-6,9-12,17,22H,1,7-8,13-15H2,2H3,(H,26,29)/t17-,22-/m0/s1. The zero-order valence-electron chi connectivity index (χ0n) is 17.1. The predicted molar refractivity (Wildman–Crippen MR) is 119 cm³/mol. The summed E-state index contributed by atoms with van der Waals surface area (Å²) in [5.41, 5.74) is 2.96. The van der Waals surface area contributed by atoms with Crippen LogP contribution in [0, 0.1) is 0 Å². The van der Waals surface area contributed by atoms with Crippen LogP contribution >= 0.6 is 11.6 Å². The summed E-state index contributed by atoms with van der Waals surface area (Å²) in [5.74, 6) is -0.381. The Bertz CT molecular complexity index is 949. The highest BCUT2D eigenvalue weighted by molar-refractivity contribution is 6.31. The zero-order chi connectivity index (χ0) is 21.3. The van der Waals surface area contributed by atoms with E-state index >= 15 is 0 Å². The first-order valence-corrected chi connectivity index (χ1v) is 10.7. The normalized spacial score (nSPS) is 18.4. The van der Waals surface area contributed by atoms with Gasteiger partial charge in [-0.2, -0.15) is 0 Å². The quantitative estimate of drug-likeness (QED) is 0.760. The van der Waals surface area contributed by atoms with Gasteiger partial charge in [0, 0.05) is 28.4 Å². The molecule has 5 nitrogen and oxygen atoms in total. The number of hydrogen-bond acceptors (Lipinski definition) is 3. The molecule has 1 N–H and O–H groups in total. The lowest BCUT2D eigenvalue weighted by atomic mass is 10.1. The summed E-state index contributed by atoms with van der Waals surface area (Å²) >= 11 is 6.46. The van der Waals surface area contributed by atoms with Gasteiger partial charge >= 0.3 is 0 Å². The number of benzene rings is 2. The van der Waals surface area contributed by atoms with Gasteiger partial charge in [0.15, 0.2) is 0 Å². The third-order valence-electron chi connectivity index (χ3n) is 6.06. The average molecular weight is 424 g/mol. The lowest BCUT2D eigenvalue weighted by Gasteiger charge is -2.30. The second kappa shape index (κ2) is 8.62. The van der Waals surface area contributed by atoms with E-state index in [-0.39, 0.29) is 17.9 Å². The van der Waals surface area contributed by atoms with Crippen LogP contribution in [0.3, 0.4) is 0 Å². The van der Waals surface area contributed by atoms with Crippen LogP contribution in [0.25, 0.3) is 5.70 Å². The Morgan fingerprint density at radius 3 is 2.40 bits per heavy atom. The number of amides is 2. The summed E-state index contributed by atoms with van der Waals surface area (Å²) in [6, 6.07) is 14.5. The molecule has 6 heteroatoms. The number of likely N-dealkylation sites (tertiary alicyclic amines) is 1. The number of nitrogens with zero attached hydrogens (tertiary/aromatic N) is 2. The summed E-state index contributed by atoms with van der Waals surface area (Å²) in [4.78, 5) is 29.7. The van der Waals surface area contributed by atoms with E-state index in [4.69, 9.17) is 11.6 Å². The van der Waals surface area contributed by atoms with Gasteiger partial charge in [-0.25, -0.2) is 0 Å². The average Bonchev–Trinajstić information content (AvgIpc) is 3.37. The summed E-state index contributed by atoms with van der Waals surface area (Å²) < 4.78 is 0. The lowest BCUT2D eigenvalue weighted by Crippen LogP contribution is -2.47. The van der Waals surface area contributed by atoms with Crippen LogP contribution in [-0.2, 0) is 4.79 Å². The lowest BCUT2D eigenvalue weighted by molar-refractivity contribution is -0.124. The van der Waals surface area contributed by atoms with E-state index in [1.165, 1.54) is 4.90 Å². The van der Waals surface area contributed by atoms with Crippen LogP contribution in [0.15, 0.2) is 55.1 Å². The molecule has 2 aromatic rings. The second-order valence-electron chi connectivity index (χ2n) is 7.87. The molecule has 0 unspecified atom stereocenters. The Kier molecular flexibility index (Phi) is 5.93. The summed E-state index contributed by atoms with van der Waals surface area (Å²) in [6.07, 6.45) is 2.29. The third kappa shape index (κ3) is 3.75. The minimum absolute atomic E-state index is 0.00651. The third-order valence-corrected chi connectivity index (χ3v) is 6.40. The van der Waals surface area contributed by atoms with E-state index < -0.39 is 6.04 Å². The van der Waals surface area contributed by atoms with Gasteiger partial charge in [-0.1, -0.05) is 54.6 Å². The number of nitrogens with one attached hydrogen (secondary N) is 1. The highest BCUT2D eigenvalue weighted by atomic mass is 35.5. The van der Waals surface area contributed by atoms with Crippen molar-refractivity contribution in [2.75, 3.05) is 19.6 Å². The molecule has 0 aliphatic carbocycles. The molecule has 0 bridgehead atoms. The highest BCUT2D eigenvalue weighted by Crippen LogP contribution is 2.33. The van der Waals surface area contributed by atoms with Crippen LogP contribution < -0.4 is 5.32 Å². The Hall–Kier alpha value is -2.63. The molecular weight excluding hydrogens is 398 g/mol. The molecule has 0 radical (unpaired) electrons. The predicted octanol–water partition coefficient (Wildman–Crippen LogP) is 4.11. The van der Waals surface area contributed by atoms with Gasteiger partial charge in [0.1, 0.15) is 6.04 Å². The molecule has 2 amide bonds. The first-order chi connectivity index (χ1) is 14.5. The first kappa shape index (κ1) is 20.6. The monoisotopic (exact) mass is 423 g/mol. The Balaban J connectivity index is 1.48. The van der Waals surface area contributed by atoms with Gasteiger partial charge in [0.25, 0.3) is 5.91 Å². The molecule has 4 rings (SSSR count). The van der Waals surface area contributed by atoms with Crippen LogP contribution in [0.5, 0.6) is 0 Å². The fourth-order valence-corrected chi connectivity index (χ4v) is 4.67. The number of halogens is 1. The molecule has 0 saturated carbocycles. The van der Waals surface area contributed by atoms with Gasteiger partial charge in [-0.05, 0) is 50.6 Å². The molecule has 2 aliphatic heterocycles. The van der Waals surface area contributed by atoms with E-state index in [0.29, 0.717) is 22.8 Å². The van der Waals surface area contributed by atoms with Crippen molar-refractivity contribution in [2.45, 2.75) is 31.8 Å². The van der Waals surface area contributed by atoms with Gasteiger partial charge in [0.2, 0.25) is 5.91 Å². The summed E-state index contributed by atoms with van der Waals surface area (Å²) in [7, 11) is 0. The number of carbonyl (C=O) groups is 2. The highest BCUT2D eigenvalue weighted by Gasteiger charge is 2.37. The second-order valence-corrected chi connectivity index (χ2v) is 8.28. The molecule has 2 atom stereocenters. The molecule has 1 saturated heterocycles. The van der Waals surface area contributed by atoms with E-state index in [1.54, 1.807) is 13.0 Å². The van der Waals surface area contributed by atoms with E-state index in [9.17, 15) is 9.59 Å². The van der Waals surface area contributed by atoms with E-state index in [2.05, 4.69) is 16.8 Å². The van der Waals surface area contributed by atoms with Crippen molar-refractivity contribution in [3.05, 3.63) is 76.8 Å². The molecule has 0 aromatic heterocycles. The van der Waals surface area contributed by atoms with Crippen LogP contribution in [0.4, 0.5) is 0 Å². The molecule has 0 spiro atoms. The van der Waals surface area contributed by atoms with Crippen LogP contribution in [0.1, 0.15) is 47.3 Å². The molecule has 2 aliphatic rings. The Labute approximate surface area is 182 Å². The maximum absolute atomic E-state index is 13.0. The topological polar surface area (TPSA) is 52.7 Å². The molecule has 156 valence electrons. The van der Waals surface area contributed by atoms with Crippen LogP contribution in [-0.4, -0.2) is 47.3 Å². The van der Waals surface area contributed by atoms with Crippen molar-refractivity contribution < 1.29 is 9.59 Å². The first-order valence-electron chi connectivity index (χ1n) is 10.4. The number of fused-ring (bicyclic) bond motifs is 1. The largest absolute Gasteiger partial charge is 0.352 e. The zero-order valence-corrected chi connectivity index (χ0v) is 17.9. The van der Waals surface area contributed by atoms with Gasteiger partial charge in [-0.15, -0.1) is 0 Å². The van der Waals surface area contributed by atoms with Crippen molar-refractivity contribution in [3.63, 3.8) is 0 Å². The SMILES string of the molecule is C=C1c2ccccc2C(=O)N1[C@@H](C)C(=O)NC[C@@H](c1ccccc1Cl)N1CCCC1. The van der Waals surface area contributed by atoms with Crippen molar-refractivity contribution >= 4 is 29.1 Å². The van der Waals surface area contributed by atoms with E-state index in [0.717, 1.165) is 37.1 Å². The molecule has 1 fully saturated rings. The summed E-state index contributed by atoms with van der Waals surface area (Å²) in [6.45, 7) is 8.20. The molecule has 2 aromatic carbocycles. The molecule has 2 heterocycles. The van der Waals surface area contributed by atoms with Crippen molar-refractivity contribution in [3.8, 4) is 0 Å². The van der Waals surface area contributed by atoms with Gasteiger partial charge < -0.3 is 5.32 Å². The Morgan fingerprint density at radius 2 is 1.73 bits per heavy atom. The number of rotatable bonds is 6. The maximum Gasteiger partial charge on any atom is 0.259 e. The molecular formula is C24H26ClN3O2. The van der Waals surface area contributed by atoms with Gasteiger partial charge in [-0.3, -0.25) is 19.4 Å². The van der Waals surface area contributed by atoms with Crippen molar-refractivity contribution in [1.29, 1.82) is 0 Å².